The summed E-state index contributed by atoms with van der Waals surface area (Å²) in [5.41, 5.74) is 2.01. The smallest absolute Gasteiger partial charge is 0.0751 e. The highest BCUT2D eigenvalue weighted by Gasteiger charge is 2.04. The second-order valence-electron chi connectivity index (χ2n) is 4.57. The summed E-state index contributed by atoms with van der Waals surface area (Å²) in [4.78, 5) is 0. The molecule has 0 aromatic heterocycles. The van der Waals surface area contributed by atoms with Gasteiger partial charge < -0.3 is 5.21 Å². The van der Waals surface area contributed by atoms with Crippen molar-refractivity contribution in [1.82, 2.24) is 0 Å². The molecule has 0 heterocycles. The topological polar surface area (TPSA) is 32.6 Å². The Bertz CT molecular complexity index is 377. The van der Waals surface area contributed by atoms with Crippen molar-refractivity contribution in [1.29, 1.82) is 0 Å². The van der Waals surface area contributed by atoms with E-state index in [1.807, 2.05) is 12.1 Å². The van der Waals surface area contributed by atoms with Crippen LogP contribution in [0.2, 0.25) is 5.02 Å². The first-order valence-electron chi connectivity index (χ1n) is 6.74. The van der Waals surface area contributed by atoms with Crippen molar-refractivity contribution in [2.45, 2.75) is 51.9 Å². The Kier molecular flexibility index (Phi) is 7.51. The number of unbranched alkanes of at least 4 members (excludes halogenated alkanes) is 5. The molecule has 0 spiro atoms. The molecule has 0 bridgehead atoms. The number of oxime groups is 1. The zero-order chi connectivity index (χ0) is 13.2. The van der Waals surface area contributed by atoms with Gasteiger partial charge in [0.25, 0.3) is 0 Å². The highest BCUT2D eigenvalue weighted by atomic mass is 35.5. The Labute approximate surface area is 115 Å². The van der Waals surface area contributed by atoms with E-state index >= 15 is 0 Å². The maximum atomic E-state index is 8.65. The van der Waals surface area contributed by atoms with Crippen molar-refractivity contribution >= 4 is 17.8 Å². The molecule has 0 aliphatic heterocycles. The van der Waals surface area contributed by atoms with Gasteiger partial charge in [-0.1, -0.05) is 67.9 Å². The molecule has 0 atom stereocenters. The van der Waals surface area contributed by atoms with Crippen LogP contribution in [0.1, 0.15) is 56.6 Å². The summed E-state index contributed by atoms with van der Waals surface area (Å²) in [6.07, 6.45) is 10.1. The Hall–Kier alpha value is -1.02. The number of hydrogen-bond acceptors (Lipinski definition) is 2. The van der Waals surface area contributed by atoms with Gasteiger partial charge in [-0.2, -0.15) is 0 Å². The molecule has 100 valence electrons. The van der Waals surface area contributed by atoms with E-state index in [0.717, 1.165) is 24.0 Å². The average molecular weight is 268 g/mol. The second kappa shape index (κ2) is 8.98. The summed E-state index contributed by atoms with van der Waals surface area (Å²) >= 11 is 6.09. The summed E-state index contributed by atoms with van der Waals surface area (Å²) in [6.45, 7) is 2.23. The van der Waals surface area contributed by atoms with Gasteiger partial charge in [0.05, 0.1) is 6.21 Å². The van der Waals surface area contributed by atoms with Crippen LogP contribution in [0.15, 0.2) is 23.4 Å². The van der Waals surface area contributed by atoms with Crippen LogP contribution in [0.3, 0.4) is 0 Å². The number of hydrogen-bond donors (Lipinski definition) is 1. The molecule has 0 saturated heterocycles. The molecule has 18 heavy (non-hydrogen) atoms. The van der Waals surface area contributed by atoms with E-state index in [1.165, 1.54) is 38.3 Å². The van der Waals surface area contributed by atoms with Crippen LogP contribution < -0.4 is 0 Å². The van der Waals surface area contributed by atoms with Crippen molar-refractivity contribution in [2.24, 2.45) is 5.16 Å². The molecule has 0 aliphatic carbocycles. The van der Waals surface area contributed by atoms with Crippen LogP contribution in [0.4, 0.5) is 0 Å². The number of nitrogens with zero attached hydrogens (tertiary/aromatic N) is 1. The molecule has 1 aromatic carbocycles. The van der Waals surface area contributed by atoms with Crippen molar-refractivity contribution in [2.75, 3.05) is 0 Å². The fraction of sp³-hybridized carbons (Fsp3) is 0.533. The van der Waals surface area contributed by atoms with Crippen molar-refractivity contribution in [3.8, 4) is 0 Å². The van der Waals surface area contributed by atoms with E-state index in [1.54, 1.807) is 0 Å². The van der Waals surface area contributed by atoms with Gasteiger partial charge in [-0.3, -0.25) is 0 Å². The van der Waals surface area contributed by atoms with Crippen molar-refractivity contribution < 1.29 is 5.21 Å². The standard InChI is InChI=1S/C15H22ClNO/c1-2-3-4-5-6-7-9-13-10-8-11-15(16)14(13)12-17-18/h8,10-12,18H,2-7,9H2,1H3/b17-12+. The van der Waals surface area contributed by atoms with Gasteiger partial charge in [0.1, 0.15) is 0 Å². The summed E-state index contributed by atoms with van der Waals surface area (Å²) in [7, 11) is 0. The minimum absolute atomic E-state index is 0.649. The molecule has 1 aromatic rings. The zero-order valence-corrected chi connectivity index (χ0v) is 11.8. The number of benzene rings is 1. The van der Waals surface area contributed by atoms with Gasteiger partial charge in [-0.05, 0) is 24.5 Å². The Balaban J connectivity index is 2.44. The molecular formula is C15H22ClNO. The number of rotatable bonds is 8. The average Bonchev–Trinajstić information content (AvgIpc) is 2.37. The van der Waals surface area contributed by atoms with Crippen molar-refractivity contribution in [3.63, 3.8) is 0 Å². The van der Waals surface area contributed by atoms with Gasteiger partial charge in [-0.25, -0.2) is 0 Å². The van der Waals surface area contributed by atoms with Crippen LogP contribution in [0.5, 0.6) is 0 Å². The summed E-state index contributed by atoms with van der Waals surface area (Å²) < 4.78 is 0. The van der Waals surface area contributed by atoms with Gasteiger partial charge in [-0.15, -0.1) is 0 Å². The fourth-order valence-electron chi connectivity index (χ4n) is 2.10. The van der Waals surface area contributed by atoms with Crippen LogP contribution in [0.25, 0.3) is 0 Å². The predicted octanol–water partition coefficient (Wildman–Crippen LogP) is 5.05. The molecule has 1 rings (SSSR count). The fourth-order valence-corrected chi connectivity index (χ4v) is 2.34. The van der Waals surface area contributed by atoms with Crippen LogP contribution >= 0.6 is 11.6 Å². The SMILES string of the molecule is CCCCCCCCc1cccc(Cl)c1/C=N/O. The van der Waals surface area contributed by atoms with E-state index in [0.29, 0.717) is 5.02 Å². The van der Waals surface area contributed by atoms with Gasteiger partial charge in [0.15, 0.2) is 0 Å². The Morgan fingerprint density at radius 3 is 2.61 bits per heavy atom. The maximum Gasteiger partial charge on any atom is 0.0751 e. The molecule has 1 N–H and O–H groups in total. The van der Waals surface area contributed by atoms with Gasteiger partial charge in [0.2, 0.25) is 0 Å². The largest absolute Gasteiger partial charge is 0.411 e. The molecule has 0 amide bonds. The lowest BCUT2D eigenvalue weighted by Gasteiger charge is -2.07. The third-order valence-electron chi connectivity index (χ3n) is 3.13. The van der Waals surface area contributed by atoms with Crippen LogP contribution in [-0.4, -0.2) is 11.4 Å². The summed E-state index contributed by atoms with van der Waals surface area (Å²) in [5, 5.41) is 12.4. The highest BCUT2D eigenvalue weighted by molar-refractivity contribution is 6.33. The van der Waals surface area contributed by atoms with Crippen LogP contribution in [-0.2, 0) is 6.42 Å². The lowest BCUT2D eigenvalue weighted by molar-refractivity contribution is 0.322. The van der Waals surface area contributed by atoms with E-state index in [-0.39, 0.29) is 0 Å². The zero-order valence-electron chi connectivity index (χ0n) is 11.0. The summed E-state index contributed by atoms with van der Waals surface area (Å²) in [6, 6.07) is 5.82. The molecule has 0 unspecified atom stereocenters. The third-order valence-corrected chi connectivity index (χ3v) is 3.46. The molecule has 2 nitrogen and oxygen atoms in total. The minimum atomic E-state index is 0.649. The Morgan fingerprint density at radius 1 is 1.17 bits per heavy atom. The maximum absolute atomic E-state index is 8.65. The molecule has 0 radical (unpaired) electrons. The van der Waals surface area contributed by atoms with Gasteiger partial charge >= 0.3 is 0 Å². The Morgan fingerprint density at radius 2 is 1.89 bits per heavy atom. The van der Waals surface area contributed by atoms with E-state index in [4.69, 9.17) is 16.8 Å². The first kappa shape index (κ1) is 15.0. The van der Waals surface area contributed by atoms with E-state index < -0.39 is 0 Å². The number of halogens is 1. The van der Waals surface area contributed by atoms with E-state index in [9.17, 15) is 0 Å². The monoisotopic (exact) mass is 267 g/mol. The molecule has 0 fully saturated rings. The second-order valence-corrected chi connectivity index (χ2v) is 4.98. The number of aryl methyl sites for hydroxylation is 1. The quantitative estimate of drug-likeness (QED) is 0.304. The molecular weight excluding hydrogens is 246 g/mol. The van der Waals surface area contributed by atoms with Crippen molar-refractivity contribution in [3.05, 3.63) is 34.3 Å². The lowest BCUT2D eigenvalue weighted by atomic mass is 10.0. The third kappa shape index (κ3) is 5.09. The molecule has 0 aliphatic rings. The normalized spacial score (nSPS) is 11.2. The predicted molar refractivity (Wildman–Crippen MR) is 77.9 cm³/mol. The first-order chi connectivity index (χ1) is 8.79. The van der Waals surface area contributed by atoms with Gasteiger partial charge in [0, 0.05) is 10.6 Å². The van der Waals surface area contributed by atoms with E-state index in [2.05, 4.69) is 18.1 Å². The molecule has 3 heteroatoms. The first-order valence-corrected chi connectivity index (χ1v) is 7.12. The minimum Gasteiger partial charge on any atom is -0.411 e. The van der Waals surface area contributed by atoms with Crippen LogP contribution in [0, 0.1) is 0 Å². The lowest BCUT2D eigenvalue weighted by Crippen LogP contribution is -1.95. The highest BCUT2D eigenvalue weighted by Crippen LogP contribution is 2.20. The molecule has 0 saturated carbocycles. The summed E-state index contributed by atoms with van der Waals surface area (Å²) in [5.74, 6) is 0.